The number of hydrogen-bond acceptors (Lipinski definition) is 3. The van der Waals surface area contributed by atoms with Crippen molar-refractivity contribution in [2.45, 2.75) is 25.8 Å². The summed E-state index contributed by atoms with van der Waals surface area (Å²) in [5.41, 5.74) is 1.71. The van der Waals surface area contributed by atoms with Gasteiger partial charge >= 0.3 is 0 Å². The summed E-state index contributed by atoms with van der Waals surface area (Å²) in [4.78, 5) is 16.0. The second-order valence-electron chi connectivity index (χ2n) is 5.19. The minimum absolute atomic E-state index is 0.435. The molecular formula is C15H21ClN2O. The van der Waals surface area contributed by atoms with Crippen molar-refractivity contribution in [3.8, 4) is 0 Å². The van der Waals surface area contributed by atoms with Gasteiger partial charge in [-0.1, -0.05) is 18.5 Å². The molecule has 0 amide bonds. The Kier molecular flexibility index (Phi) is 4.83. The molecule has 3 nitrogen and oxygen atoms in total. The van der Waals surface area contributed by atoms with Gasteiger partial charge in [0, 0.05) is 35.4 Å². The maximum atomic E-state index is 11.2. The summed E-state index contributed by atoms with van der Waals surface area (Å²) < 4.78 is 0. The summed E-state index contributed by atoms with van der Waals surface area (Å²) in [6.07, 6.45) is 3.10. The highest BCUT2D eigenvalue weighted by atomic mass is 35.5. The van der Waals surface area contributed by atoms with Crippen LogP contribution in [-0.2, 0) is 0 Å². The summed E-state index contributed by atoms with van der Waals surface area (Å²) in [5.74, 6) is 0. The number of carbonyl (C=O) groups is 1. The number of hydrogen-bond donors (Lipinski definition) is 0. The first-order valence-corrected chi connectivity index (χ1v) is 7.23. The summed E-state index contributed by atoms with van der Waals surface area (Å²) in [6.45, 7) is 5.30. The lowest BCUT2D eigenvalue weighted by Crippen LogP contribution is -2.40. The van der Waals surface area contributed by atoms with Gasteiger partial charge in [0.1, 0.15) is 0 Å². The maximum absolute atomic E-state index is 11.2. The lowest BCUT2D eigenvalue weighted by Gasteiger charge is -2.33. The quantitative estimate of drug-likeness (QED) is 0.795. The van der Waals surface area contributed by atoms with Crippen LogP contribution in [0, 0.1) is 0 Å². The Morgan fingerprint density at radius 2 is 2.21 bits per heavy atom. The van der Waals surface area contributed by atoms with Crippen LogP contribution >= 0.6 is 11.6 Å². The Morgan fingerprint density at radius 1 is 1.42 bits per heavy atom. The van der Waals surface area contributed by atoms with E-state index in [0.29, 0.717) is 11.1 Å². The maximum Gasteiger partial charge on any atom is 0.152 e. The SMILES string of the molecule is CCC1CN(C)CCCN1c1cc(Cl)ccc1C=O. The van der Waals surface area contributed by atoms with Crippen LogP contribution in [0.4, 0.5) is 5.69 Å². The Labute approximate surface area is 120 Å². The zero-order valence-corrected chi connectivity index (χ0v) is 12.4. The first-order valence-electron chi connectivity index (χ1n) is 6.85. The van der Waals surface area contributed by atoms with Crippen LogP contribution in [0.1, 0.15) is 30.1 Å². The van der Waals surface area contributed by atoms with Crippen molar-refractivity contribution in [2.75, 3.05) is 31.6 Å². The van der Waals surface area contributed by atoms with E-state index in [1.54, 1.807) is 6.07 Å². The molecule has 1 aromatic rings. The summed E-state index contributed by atoms with van der Waals surface area (Å²) >= 11 is 6.10. The molecule has 1 fully saturated rings. The van der Waals surface area contributed by atoms with E-state index < -0.39 is 0 Å². The Bertz CT molecular complexity index is 450. The third-order valence-corrected chi connectivity index (χ3v) is 4.04. The molecule has 0 spiro atoms. The highest BCUT2D eigenvalue weighted by molar-refractivity contribution is 6.31. The number of rotatable bonds is 3. The van der Waals surface area contributed by atoms with E-state index in [-0.39, 0.29) is 0 Å². The molecule has 2 rings (SSSR count). The van der Waals surface area contributed by atoms with Gasteiger partial charge < -0.3 is 9.80 Å². The van der Waals surface area contributed by atoms with Gasteiger partial charge in [0.25, 0.3) is 0 Å². The lowest BCUT2D eigenvalue weighted by molar-refractivity contribution is 0.112. The van der Waals surface area contributed by atoms with Crippen molar-refractivity contribution in [3.63, 3.8) is 0 Å². The zero-order chi connectivity index (χ0) is 13.8. The number of likely N-dealkylation sites (N-methyl/N-ethyl adjacent to an activating group) is 1. The second-order valence-corrected chi connectivity index (χ2v) is 5.63. The number of aldehydes is 1. The van der Waals surface area contributed by atoms with E-state index >= 15 is 0 Å². The van der Waals surface area contributed by atoms with Gasteiger partial charge in [-0.15, -0.1) is 0 Å². The smallest absolute Gasteiger partial charge is 0.152 e. The van der Waals surface area contributed by atoms with E-state index in [4.69, 9.17) is 11.6 Å². The van der Waals surface area contributed by atoms with Crippen LogP contribution < -0.4 is 4.90 Å². The number of halogens is 1. The summed E-state index contributed by atoms with van der Waals surface area (Å²) in [5, 5.41) is 0.688. The molecule has 1 atom stereocenters. The first kappa shape index (κ1) is 14.4. The average Bonchev–Trinajstić information content (AvgIpc) is 2.60. The van der Waals surface area contributed by atoms with Crippen molar-refractivity contribution in [3.05, 3.63) is 28.8 Å². The molecule has 1 aromatic carbocycles. The molecule has 0 bridgehead atoms. The van der Waals surface area contributed by atoms with Crippen LogP contribution in [0.25, 0.3) is 0 Å². The molecule has 1 heterocycles. The van der Waals surface area contributed by atoms with Crippen LogP contribution in [0.5, 0.6) is 0 Å². The summed E-state index contributed by atoms with van der Waals surface area (Å²) in [7, 11) is 2.16. The van der Waals surface area contributed by atoms with Gasteiger partial charge in [0.15, 0.2) is 6.29 Å². The Balaban J connectivity index is 2.36. The van der Waals surface area contributed by atoms with Crippen molar-refractivity contribution in [1.29, 1.82) is 0 Å². The standard InChI is InChI=1S/C15H21ClN2O/c1-3-14-10-17(2)7-4-8-18(14)15-9-13(16)6-5-12(15)11-19/h5-6,9,11,14H,3-4,7-8,10H2,1-2H3. The van der Waals surface area contributed by atoms with E-state index in [1.165, 1.54) is 0 Å². The predicted molar refractivity (Wildman–Crippen MR) is 80.4 cm³/mol. The molecule has 0 radical (unpaired) electrons. The van der Waals surface area contributed by atoms with E-state index in [9.17, 15) is 4.79 Å². The third kappa shape index (κ3) is 3.28. The van der Waals surface area contributed by atoms with Crippen LogP contribution in [-0.4, -0.2) is 43.9 Å². The van der Waals surface area contributed by atoms with Gasteiger partial charge in [0.2, 0.25) is 0 Å². The fourth-order valence-corrected chi connectivity index (χ4v) is 2.94. The minimum atomic E-state index is 0.435. The van der Waals surface area contributed by atoms with Crippen LogP contribution in [0.3, 0.4) is 0 Å². The minimum Gasteiger partial charge on any atom is -0.367 e. The molecule has 0 aromatic heterocycles. The largest absolute Gasteiger partial charge is 0.367 e. The molecule has 104 valence electrons. The Hall–Kier alpha value is -1.06. The fourth-order valence-electron chi connectivity index (χ4n) is 2.78. The predicted octanol–water partition coefficient (Wildman–Crippen LogP) is 3.07. The molecule has 0 saturated carbocycles. The number of carbonyl (C=O) groups excluding carboxylic acids is 1. The van der Waals surface area contributed by atoms with Crippen molar-refractivity contribution in [1.82, 2.24) is 4.90 Å². The van der Waals surface area contributed by atoms with Gasteiger partial charge in [0.05, 0.1) is 0 Å². The molecule has 1 aliphatic rings. The lowest BCUT2D eigenvalue weighted by atomic mass is 10.1. The molecule has 0 N–H and O–H groups in total. The highest BCUT2D eigenvalue weighted by Gasteiger charge is 2.24. The molecule has 4 heteroatoms. The highest BCUT2D eigenvalue weighted by Crippen LogP contribution is 2.28. The molecule has 19 heavy (non-hydrogen) atoms. The van der Waals surface area contributed by atoms with Crippen LogP contribution in [0.15, 0.2) is 18.2 Å². The third-order valence-electron chi connectivity index (χ3n) is 3.80. The van der Waals surface area contributed by atoms with Gasteiger partial charge in [-0.2, -0.15) is 0 Å². The second kappa shape index (κ2) is 6.40. The number of anilines is 1. The topological polar surface area (TPSA) is 23.6 Å². The molecule has 1 unspecified atom stereocenters. The first-order chi connectivity index (χ1) is 9.15. The Morgan fingerprint density at radius 3 is 2.89 bits per heavy atom. The van der Waals surface area contributed by atoms with Crippen molar-refractivity contribution < 1.29 is 4.79 Å². The van der Waals surface area contributed by atoms with Gasteiger partial charge in [-0.3, -0.25) is 4.79 Å². The zero-order valence-electron chi connectivity index (χ0n) is 11.6. The monoisotopic (exact) mass is 280 g/mol. The van der Waals surface area contributed by atoms with Crippen LogP contribution in [0.2, 0.25) is 5.02 Å². The average molecular weight is 281 g/mol. The molecule has 0 aliphatic carbocycles. The normalized spacial score (nSPS) is 21.2. The molecule has 1 saturated heterocycles. The van der Waals surface area contributed by atoms with E-state index in [0.717, 1.165) is 50.0 Å². The molecule has 1 aliphatic heterocycles. The van der Waals surface area contributed by atoms with Gasteiger partial charge in [-0.25, -0.2) is 0 Å². The summed E-state index contributed by atoms with van der Waals surface area (Å²) in [6, 6.07) is 5.94. The van der Waals surface area contributed by atoms with Crippen molar-refractivity contribution >= 4 is 23.6 Å². The van der Waals surface area contributed by atoms with Gasteiger partial charge in [-0.05, 0) is 44.6 Å². The number of nitrogens with zero attached hydrogens (tertiary/aromatic N) is 2. The molecular weight excluding hydrogens is 260 g/mol. The number of benzene rings is 1. The van der Waals surface area contributed by atoms with E-state index in [2.05, 4.69) is 23.8 Å². The van der Waals surface area contributed by atoms with Crippen molar-refractivity contribution in [2.24, 2.45) is 0 Å². The van der Waals surface area contributed by atoms with E-state index in [1.807, 2.05) is 12.1 Å². The fraction of sp³-hybridized carbons (Fsp3) is 0.533.